The molecule has 1 aliphatic carbocycles. The van der Waals surface area contributed by atoms with E-state index in [1.807, 2.05) is 20.8 Å². The van der Waals surface area contributed by atoms with Crippen molar-refractivity contribution in [3.8, 4) is 0 Å². The fourth-order valence-electron chi connectivity index (χ4n) is 4.69. The lowest BCUT2D eigenvalue weighted by molar-refractivity contribution is -0.137. The first-order chi connectivity index (χ1) is 15.0. The van der Waals surface area contributed by atoms with Gasteiger partial charge in [-0.1, -0.05) is 0 Å². The fourth-order valence-corrected chi connectivity index (χ4v) is 4.69. The standard InChI is InChI=1S/C23H37F3N4O2/c1-22(2,3)32-21(31)28-19-6-4-17(5-7-19)8-12-29-13-9-18-16-27-30(20(18)10-14-29)15-11-23(24,25)26/h16-17,19H,4-15H2,1-3H3,(H,28,31). The number of hydrogen-bond acceptors (Lipinski definition) is 4. The van der Waals surface area contributed by atoms with Gasteiger partial charge in [0.2, 0.25) is 0 Å². The number of rotatable bonds is 6. The van der Waals surface area contributed by atoms with Crippen LogP contribution in [0, 0.1) is 5.92 Å². The van der Waals surface area contributed by atoms with Crippen molar-refractivity contribution in [1.82, 2.24) is 20.0 Å². The fraction of sp³-hybridized carbons (Fsp3) is 0.826. The highest BCUT2D eigenvalue weighted by molar-refractivity contribution is 5.68. The van der Waals surface area contributed by atoms with E-state index in [4.69, 9.17) is 4.74 Å². The molecule has 0 spiro atoms. The molecule has 1 fully saturated rings. The number of aryl methyl sites for hydroxylation is 1. The van der Waals surface area contributed by atoms with Crippen molar-refractivity contribution in [1.29, 1.82) is 0 Å². The molecule has 1 amide bonds. The summed E-state index contributed by atoms with van der Waals surface area (Å²) in [7, 11) is 0. The van der Waals surface area contributed by atoms with Crippen molar-refractivity contribution in [2.75, 3.05) is 19.6 Å². The SMILES string of the molecule is CC(C)(C)OC(=O)NC1CCC(CCN2CCc3cnn(CCC(F)(F)F)c3CC2)CC1. The normalized spacial score (nSPS) is 22.8. The zero-order valence-corrected chi connectivity index (χ0v) is 19.5. The number of aromatic nitrogens is 2. The molecule has 6 nitrogen and oxygen atoms in total. The van der Waals surface area contributed by atoms with Gasteiger partial charge in [0, 0.05) is 37.8 Å². The molecule has 0 aromatic carbocycles. The van der Waals surface area contributed by atoms with Gasteiger partial charge in [-0.25, -0.2) is 4.79 Å². The lowest BCUT2D eigenvalue weighted by Gasteiger charge is -2.31. The van der Waals surface area contributed by atoms with Gasteiger partial charge < -0.3 is 15.0 Å². The first-order valence-electron chi connectivity index (χ1n) is 11.8. The van der Waals surface area contributed by atoms with Crippen molar-refractivity contribution in [3.05, 3.63) is 17.5 Å². The summed E-state index contributed by atoms with van der Waals surface area (Å²) < 4.78 is 44.6. The molecule has 0 bridgehead atoms. The number of hydrogen-bond donors (Lipinski definition) is 1. The molecular formula is C23H37F3N4O2. The Morgan fingerprint density at radius 2 is 1.81 bits per heavy atom. The van der Waals surface area contributed by atoms with Crippen LogP contribution < -0.4 is 5.32 Å². The van der Waals surface area contributed by atoms with E-state index < -0.39 is 18.2 Å². The second-order valence-corrected chi connectivity index (χ2v) is 10.2. The minimum absolute atomic E-state index is 0.0978. The van der Waals surface area contributed by atoms with Crippen LogP contribution in [-0.2, 0) is 24.1 Å². The third-order valence-electron chi connectivity index (χ3n) is 6.43. The lowest BCUT2D eigenvalue weighted by atomic mass is 9.84. The topological polar surface area (TPSA) is 59.4 Å². The van der Waals surface area contributed by atoms with E-state index >= 15 is 0 Å². The Morgan fingerprint density at radius 1 is 1.12 bits per heavy atom. The molecular weight excluding hydrogens is 421 g/mol. The van der Waals surface area contributed by atoms with E-state index in [1.165, 1.54) is 0 Å². The number of alkyl halides is 3. The predicted octanol–water partition coefficient (Wildman–Crippen LogP) is 4.71. The highest BCUT2D eigenvalue weighted by atomic mass is 19.4. The number of halogens is 3. The summed E-state index contributed by atoms with van der Waals surface area (Å²) in [5, 5.41) is 7.18. The van der Waals surface area contributed by atoms with E-state index in [2.05, 4.69) is 15.3 Å². The monoisotopic (exact) mass is 458 g/mol. The van der Waals surface area contributed by atoms with Crippen LogP contribution in [0.3, 0.4) is 0 Å². The molecule has 0 saturated heterocycles. The minimum atomic E-state index is -4.16. The summed E-state index contributed by atoms with van der Waals surface area (Å²) in [5.74, 6) is 0.652. The first-order valence-corrected chi connectivity index (χ1v) is 11.8. The second kappa shape index (κ2) is 10.4. The summed E-state index contributed by atoms with van der Waals surface area (Å²) in [5.41, 5.74) is 1.57. The zero-order valence-electron chi connectivity index (χ0n) is 19.5. The molecule has 1 saturated carbocycles. The predicted molar refractivity (Wildman–Crippen MR) is 116 cm³/mol. The molecule has 182 valence electrons. The molecule has 0 radical (unpaired) electrons. The molecule has 0 unspecified atom stereocenters. The van der Waals surface area contributed by atoms with Gasteiger partial charge in [0.25, 0.3) is 0 Å². The maximum Gasteiger partial charge on any atom is 0.407 e. The molecule has 1 N–H and O–H groups in total. The summed E-state index contributed by atoms with van der Waals surface area (Å²) in [4.78, 5) is 14.4. The number of fused-ring (bicyclic) bond motifs is 1. The average Bonchev–Trinajstić information content (AvgIpc) is 2.95. The molecule has 3 rings (SSSR count). The summed E-state index contributed by atoms with van der Waals surface area (Å²) in [6, 6.07) is 0.188. The maximum atomic E-state index is 12.6. The highest BCUT2D eigenvalue weighted by Crippen LogP contribution is 2.28. The Balaban J connectivity index is 1.37. The number of ether oxygens (including phenoxy) is 1. The Labute approximate surface area is 188 Å². The van der Waals surface area contributed by atoms with Gasteiger partial charge >= 0.3 is 12.3 Å². The van der Waals surface area contributed by atoms with Gasteiger partial charge in [0.15, 0.2) is 0 Å². The maximum absolute atomic E-state index is 12.6. The van der Waals surface area contributed by atoms with Crippen LogP contribution in [0.1, 0.15) is 70.6 Å². The highest BCUT2D eigenvalue weighted by Gasteiger charge is 2.28. The quantitative estimate of drug-likeness (QED) is 0.671. The van der Waals surface area contributed by atoms with Gasteiger partial charge in [-0.3, -0.25) is 4.68 Å². The van der Waals surface area contributed by atoms with Crippen molar-refractivity contribution in [2.45, 2.75) is 96.5 Å². The molecule has 2 heterocycles. The van der Waals surface area contributed by atoms with Crippen LogP contribution in [-0.4, -0.2) is 58.2 Å². The van der Waals surface area contributed by atoms with Crippen LogP contribution in [0.5, 0.6) is 0 Å². The Hall–Kier alpha value is -1.77. The number of carbonyl (C=O) groups is 1. The summed E-state index contributed by atoms with van der Waals surface area (Å²) in [6.45, 7) is 8.29. The molecule has 1 aromatic rings. The van der Waals surface area contributed by atoms with Crippen LogP contribution in [0.4, 0.5) is 18.0 Å². The molecule has 1 aliphatic heterocycles. The third kappa shape index (κ3) is 7.98. The lowest BCUT2D eigenvalue weighted by Crippen LogP contribution is -2.41. The molecule has 2 aliphatic rings. The molecule has 1 aromatic heterocycles. The van der Waals surface area contributed by atoms with Gasteiger partial charge in [-0.05, 0) is 77.3 Å². The van der Waals surface area contributed by atoms with E-state index in [0.717, 1.165) is 75.8 Å². The van der Waals surface area contributed by atoms with Gasteiger partial charge in [0.1, 0.15) is 5.60 Å². The van der Waals surface area contributed by atoms with E-state index in [1.54, 1.807) is 10.9 Å². The summed E-state index contributed by atoms with van der Waals surface area (Å²) >= 11 is 0. The Bertz CT molecular complexity index is 749. The van der Waals surface area contributed by atoms with Crippen LogP contribution >= 0.6 is 0 Å². The van der Waals surface area contributed by atoms with E-state index in [9.17, 15) is 18.0 Å². The number of nitrogens with one attached hydrogen (secondary N) is 1. The Kier molecular flexibility index (Phi) is 8.11. The molecule has 0 atom stereocenters. The largest absolute Gasteiger partial charge is 0.444 e. The van der Waals surface area contributed by atoms with E-state index in [-0.39, 0.29) is 18.7 Å². The third-order valence-corrected chi connectivity index (χ3v) is 6.43. The first kappa shape index (κ1) is 24.9. The van der Waals surface area contributed by atoms with Crippen LogP contribution in [0.15, 0.2) is 6.20 Å². The number of amides is 1. The summed E-state index contributed by atoms with van der Waals surface area (Å²) in [6.07, 6.45) is 3.28. The number of nitrogens with zero attached hydrogens (tertiary/aromatic N) is 3. The van der Waals surface area contributed by atoms with Crippen LogP contribution in [0.25, 0.3) is 0 Å². The smallest absolute Gasteiger partial charge is 0.407 e. The zero-order chi connectivity index (χ0) is 23.4. The van der Waals surface area contributed by atoms with Gasteiger partial charge in [0.05, 0.1) is 12.6 Å². The van der Waals surface area contributed by atoms with Crippen LogP contribution in [0.2, 0.25) is 0 Å². The molecule has 32 heavy (non-hydrogen) atoms. The number of carbonyl (C=O) groups excluding carboxylic acids is 1. The Morgan fingerprint density at radius 3 is 2.47 bits per heavy atom. The van der Waals surface area contributed by atoms with Crippen molar-refractivity contribution in [3.63, 3.8) is 0 Å². The van der Waals surface area contributed by atoms with Crippen molar-refractivity contribution >= 4 is 6.09 Å². The van der Waals surface area contributed by atoms with Gasteiger partial charge in [-0.15, -0.1) is 0 Å². The molecule has 9 heteroatoms. The van der Waals surface area contributed by atoms with Crippen molar-refractivity contribution < 1.29 is 22.7 Å². The average molecular weight is 459 g/mol. The minimum Gasteiger partial charge on any atom is -0.444 e. The number of alkyl carbamates (subject to hydrolysis) is 1. The van der Waals surface area contributed by atoms with Gasteiger partial charge in [-0.2, -0.15) is 18.3 Å². The second-order valence-electron chi connectivity index (χ2n) is 10.2. The van der Waals surface area contributed by atoms with Crippen molar-refractivity contribution in [2.24, 2.45) is 5.92 Å². The van der Waals surface area contributed by atoms with E-state index in [0.29, 0.717) is 5.92 Å².